The fourth-order valence-electron chi connectivity index (χ4n) is 3.88. The number of carbonyl (C=O) groups excluding carboxylic acids is 1. The molecule has 216 valence electrons. The number of pyridine rings is 1. The lowest BCUT2D eigenvalue weighted by Gasteiger charge is -2.26. The first-order valence-corrected chi connectivity index (χ1v) is 13.0. The molecule has 12 heteroatoms. The van der Waals surface area contributed by atoms with Crippen molar-refractivity contribution >= 4 is 34.9 Å². The van der Waals surface area contributed by atoms with Crippen molar-refractivity contribution in [3.63, 3.8) is 0 Å². The summed E-state index contributed by atoms with van der Waals surface area (Å²) in [7, 11) is 0. The number of nitrogens with two attached hydrogens (primary N) is 1. The van der Waals surface area contributed by atoms with Crippen LogP contribution in [0.1, 0.15) is 45.7 Å². The largest absolute Gasteiger partial charge is 0.458 e. The highest BCUT2D eigenvalue weighted by molar-refractivity contribution is 5.80. The molecule has 3 rings (SSSR count). The molecule has 0 unspecified atom stereocenters. The lowest BCUT2D eigenvalue weighted by atomic mass is 10.0. The van der Waals surface area contributed by atoms with E-state index in [1.807, 2.05) is 18.7 Å². The molecule has 0 amide bonds. The van der Waals surface area contributed by atoms with E-state index in [-0.39, 0.29) is 23.8 Å². The third-order valence-corrected chi connectivity index (χ3v) is 5.79. The van der Waals surface area contributed by atoms with Gasteiger partial charge in [-0.2, -0.15) is 18.2 Å². The highest BCUT2D eigenvalue weighted by Gasteiger charge is 2.32. The van der Waals surface area contributed by atoms with Gasteiger partial charge in [0.15, 0.2) is 5.82 Å². The lowest BCUT2D eigenvalue weighted by molar-refractivity contribution is -0.155. The third-order valence-electron chi connectivity index (χ3n) is 5.79. The minimum Gasteiger partial charge on any atom is -0.458 e. The Morgan fingerprint density at radius 3 is 2.30 bits per heavy atom. The van der Waals surface area contributed by atoms with Crippen LogP contribution in [-0.2, 0) is 22.4 Å². The molecule has 0 aliphatic carbocycles. The Morgan fingerprint density at radius 2 is 1.73 bits per heavy atom. The van der Waals surface area contributed by atoms with Crippen LogP contribution in [0.2, 0.25) is 0 Å². The normalized spacial score (nSPS) is 12.5. The van der Waals surface area contributed by atoms with Crippen LogP contribution in [-0.4, -0.2) is 51.8 Å². The number of esters is 1. The van der Waals surface area contributed by atoms with E-state index >= 15 is 0 Å². The maximum atomic E-state index is 13.4. The fraction of sp³-hybridized carbons (Fsp3) is 0.429. The summed E-state index contributed by atoms with van der Waals surface area (Å²) in [4.78, 5) is 27.8. The molecule has 40 heavy (non-hydrogen) atoms. The molecule has 0 radical (unpaired) electrons. The molecule has 1 aromatic carbocycles. The van der Waals surface area contributed by atoms with Crippen molar-refractivity contribution in [2.45, 2.75) is 65.3 Å². The number of nitrogens with zero attached hydrogens (tertiary/aromatic N) is 4. The zero-order valence-corrected chi connectivity index (χ0v) is 23.3. The first-order chi connectivity index (χ1) is 18.8. The second-order valence-corrected chi connectivity index (χ2v) is 10.2. The third kappa shape index (κ3) is 8.99. The minimum atomic E-state index is -4.49. The van der Waals surface area contributed by atoms with Crippen LogP contribution in [0, 0.1) is 0 Å². The van der Waals surface area contributed by atoms with E-state index in [0.29, 0.717) is 24.6 Å². The molecular weight excluding hydrogens is 523 g/mol. The smallest absolute Gasteiger partial charge is 0.393 e. The van der Waals surface area contributed by atoms with Crippen molar-refractivity contribution in [2.75, 3.05) is 34.4 Å². The van der Waals surface area contributed by atoms with Crippen LogP contribution in [0.15, 0.2) is 48.8 Å². The fourth-order valence-corrected chi connectivity index (χ4v) is 3.88. The van der Waals surface area contributed by atoms with Gasteiger partial charge in [0, 0.05) is 43.2 Å². The van der Waals surface area contributed by atoms with Crippen LogP contribution in [0.5, 0.6) is 0 Å². The summed E-state index contributed by atoms with van der Waals surface area (Å²) in [6.07, 6.45) is -2.82. The number of hydrogen-bond donors (Lipinski definition) is 3. The first-order valence-electron chi connectivity index (χ1n) is 13.0. The molecule has 9 nitrogen and oxygen atoms in total. The van der Waals surface area contributed by atoms with Crippen LogP contribution in [0.3, 0.4) is 0 Å². The van der Waals surface area contributed by atoms with Crippen LogP contribution < -0.4 is 21.3 Å². The van der Waals surface area contributed by atoms with Gasteiger partial charge in [-0.15, -0.1) is 0 Å². The van der Waals surface area contributed by atoms with Crippen molar-refractivity contribution < 1.29 is 22.7 Å². The monoisotopic (exact) mass is 559 g/mol. The van der Waals surface area contributed by atoms with E-state index in [4.69, 9.17) is 10.5 Å². The topological polar surface area (TPSA) is 118 Å². The van der Waals surface area contributed by atoms with Gasteiger partial charge in [-0.1, -0.05) is 12.1 Å². The van der Waals surface area contributed by atoms with E-state index in [1.54, 1.807) is 63.4 Å². The molecule has 0 spiro atoms. The van der Waals surface area contributed by atoms with Gasteiger partial charge in [-0.3, -0.25) is 0 Å². The van der Waals surface area contributed by atoms with Crippen LogP contribution in [0.4, 0.5) is 42.1 Å². The number of aromatic nitrogens is 3. The summed E-state index contributed by atoms with van der Waals surface area (Å²) in [5.41, 5.74) is 6.95. The van der Waals surface area contributed by atoms with Crippen molar-refractivity contribution in [3.05, 3.63) is 59.9 Å². The SMILES string of the molecule is CCN(CC)c1ncc(CC(F)(F)F)c(N[C@@H](Cc2ccc(Nc3ncccc3N)cc2)C(=O)OC(C)(C)C)n1. The van der Waals surface area contributed by atoms with Gasteiger partial charge in [0.25, 0.3) is 0 Å². The molecule has 1 atom stereocenters. The number of halogens is 3. The molecule has 0 bridgehead atoms. The van der Waals surface area contributed by atoms with Gasteiger partial charge in [0.1, 0.15) is 17.5 Å². The summed E-state index contributed by atoms with van der Waals surface area (Å²) >= 11 is 0. The van der Waals surface area contributed by atoms with Gasteiger partial charge in [-0.05, 0) is 64.4 Å². The Morgan fingerprint density at radius 1 is 1.05 bits per heavy atom. The zero-order chi connectivity index (χ0) is 29.5. The molecule has 0 saturated heterocycles. The first kappa shape index (κ1) is 30.5. The summed E-state index contributed by atoms with van der Waals surface area (Å²) in [6.45, 7) is 10.1. The van der Waals surface area contributed by atoms with Gasteiger partial charge in [-0.25, -0.2) is 14.8 Å². The van der Waals surface area contributed by atoms with E-state index in [1.165, 1.54) is 0 Å². The number of carbonyl (C=O) groups is 1. The highest BCUT2D eigenvalue weighted by atomic mass is 19.4. The number of alkyl halides is 3. The molecule has 0 saturated carbocycles. The minimum absolute atomic E-state index is 0.0611. The number of hydrogen-bond acceptors (Lipinski definition) is 9. The summed E-state index contributed by atoms with van der Waals surface area (Å²) in [6, 6.07) is 9.65. The second-order valence-electron chi connectivity index (χ2n) is 10.2. The molecule has 2 aromatic heterocycles. The lowest BCUT2D eigenvalue weighted by Crippen LogP contribution is -2.39. The van der Waals surface area contributed by atoms with Gasteiger partial charge >= 0.3 is 12.1 Å². The van der Waals surface area contributed by atoms with E-state index < -0.39 is 30.2 Å². The Balaban J connectivity index is 1.92. The predicted octanol–water partition coefficient (Wildman–Crippen LogP) is 5.51. The number of rotatable bonds is 11. The maximum absolute atomic E-state index is 13.4. The van der Waals surface area contributed by atoms with E-state index in [9.17, 15) is 18.0 Å². The van der Waals surface area contributed by atoms with Crippen molar-refractivity contribution in [1.82, 2.24) is 15.0 Å². The number of benzene rings is 1. The Bertz CT molecular complexity index is 1270. The average molecular weight is 560 g/mol. The van der Waals surface area contributed by atoms with E-state index in [2.05, 4.69) is 25.6 Å². The molecular formula is C28H36F3N7O2. The van der Waals surface area contributed by atoms with Crippen LogP contribution in [0.25, 0.3) is 0 Å². The highest BCUT2D eigenvalue weighted by Crippen LogP contribution is 2.28. The van der Waals surface area contributed by atoms with Gasteiger partial charge in [0.05, 0.1) is 12.1 Å². The van der Waals surface area contributed by atoms with Gasteiger partial charge < -0.3 is 26.0 Å². The van der Waals surface area contributed by atoms with Crippen molar-refractivity contribution in [1.29, 1.82) is 0 Å². The Labute approximate surface area is 232 Å². The summed E-state index contributed by atoms with van der Waals surface area (Å²) < 4.78 is 45.8. The maximum Gasteiger partial charge on any atom is 0.393 e. The average Bonchev–Trinajstić information content (AvgIpc) is 2.86. The number of nitrogen functional groups attached to an aromatic ring is 1. The zero-order valence-electron chi connectivity index (χ0n) is 23.3. The summed E-state index contributed by atoms with van der Waals surface area (Å²) in [5.74, 6) is 0.102. The molecule has 4 N–H and O–H groups in total. The molecule has 0 aliphatic rings. The molecule has 3 aromatic rings. The summed E-state index contributed by atoms with van der Waals surface area (Å²) in [5, 5.41) is 6.08. The Kier molecular flexibility index (Phi) is 9.78. The predicted molar refractivity (Wildman–Crippen MR) is 151 cm³/mol. The van der Waals surface area contributed by atoms with Gasteiger partial charge in [0.2, 0.25) is 5.95 Å². The molecule has 2 heterocycles. The number of ether oxygens (including phenoxy) is 1. The van der Waals surface area contributed by atoms with Crippen LogP contribution >= 0.6 is 0 Å². The number of anilines is 5. The quantitative estimate of drug-likeness (QED) is 0.261. The molecule has 0 aliphatic heterocycles. The molecule has 0 fully saturated rings. The Hall–Kier alpha value is -4.09. The van der Waals surface area contributed by atoms with E-state index in [0.717, 1.165) is 17.4 Å². The standard InChI is InChI=1S/C28H36F3N7O2/c1-6-38(7-2)26-34-17-19(16-28(29,30)31)23(37-26)36-22(25(39)40-27(3,4)5)15-18-10-12-20(13-11-18)35-24-21(32)9-8-14-33-24/h8-14,17,22H,6-7,15-16,32H2,1-5H3,(H,33,35)(H,34,36,37)/t22-/m0/s1. The number of nitrogens with one attached hydrogen (secondary N) is 2. The van der Waals surface area contributed by atoms with Crippen molar-refractivity contribution in [3.8, 4) is 0 Å². The second kappa shape index (κ2) is 12.8. The van der Waals surface area contributed by atoms with Crippen molar-refractivity contribution in [2.24, 2.45) is 0 Å².